The lowest BCUT2D eigenvalue weighted by Gasteiger charge is -2.29. The molecular weight excluding hydrogens is 236 g/mol. The minimum absolute atomic E-state index is 0.0542. The lowest BCUT2D eigenvalue weighted by molar-refractivity contribution is 0.570. The summed E-state index contributed by atoms with van der Waals surface area (Å²) >= 11 is 1.46. The van der Waals surface area contributed by atoms with E-state index in [1.807, 2.05) is 11.4 Å². The average Bonchev–Trinajstić information content (AvgIpc) is 2.83. The fraction of sp³-hybridized carbons (Fsp3) is 0.455. The Labute approximate surface area is 103 Å². The van der Waals surface area contributed by atoms with Crippen LogP contribution >= 0.6 is 11.3 Å². The SMILES string of the molecule is Cn1c(N2CCNCC2)nc2ccsc2c1=O. The van der Waals surface area contributed by atoms with Gasteiger partial charge in [-0.05, 0) is 11.4 Å². The van der Waals surface area contributed by atoms with Crippen molar-refractivity contribution in [3.63, 3.8) is 0 Å². The first-order chi connectivity index (χ1) is 8.27. The van der Waals surface area contributed by atoms with Crippen LogP contribution in [-0.4, -0.2) is 35.7 Å². The maximum Gasteiger partial charge on any atom is 0.272 e. The van der Waals surface area contributed by atoms with Crippen molar-refractivity contribution in [3.05, 3.63) is 21.8 Å². The zero-order valence-electron chi connectivity index (χ0n) is 9.64. The Balaban J connectivity index is 2.15. The second-order valence-corrected chi connectivity index (χ2v) is 5.06. The normalized spacial score (nSPS) is 16.6. The molecule has 6 heteroatoms. The van der Waals surface area contributed by atoms with Crippen LogP contribution in [0.5, 0.6) is 0 Å². The number of nitrogens with zero attached hydrogens (tertiary/aromatic N) is 3. The van der Waals surface area contributed by atoms with Crippen LogP contribution in [0.25, 0.3) is 10.2 Å². The third-order valence-electron chi connectivity index (χ3n) is 3.06. The summed E-state index contributed by atoms with van der Waals surface area (Å²) in [5, 5.41) is 5.21. The molecule has 1 fully saturated rings. The predicted molar refractivity (Wildman–Crippen MR) is 69.9 cm³/mol. The van der Waals surface area contributed by atoms with Crippen molar-refractivity contribution in [1.29, 1.82) is 0 Å². The maximum absolute atomic E-state index is 12.1. The van der Waals surface area contributed by atoms with Crippen LogP contribution < -0.4 is 15.8 Å². The third-order valence-corrected chi connectivity index (χ3v) is 3.96. The van der Waals surface area contributed by atoms with E-state index in [1.54, 1.807) is 11.6 Å². The van der Waals surface area contributed by atoms with E-state index in [4.69, 9.17) is 0 Å². The van der Waals surface area contributed by atoms with Crippen molar-refractivity contribution in [2.24, 2.45) is 7.05 Å². The van der Waals surface area contributed by atoms with Crippen molar-refractivity contribution >= 4 is 27.5 Å². The van der Waals surface area contributed by atoms with Gasteiger partial charge in [-0.1, -0.05) is 0 Å². The molecule has 0 bridgehead atoms. The van der Waals surface area contributed by atoms with E-state index < -0.39 is 0 Å². The van der Waals surface area contributed by atoms with Gasteiger partial charge in [-0.3, -0.25) is 9.36 Å². The number of anilines is 1. The van der Waals surface area contributed by atoms with Gasteiger partial charge in [0.15, 0.2) is 0 Å². The van der Waals surface area contributed by atoms with Gasteiger partial charge in [-0.25, -0.2) is 4.98 Å². The van der Waals surface area contributed by atoms with Crippen LogP contribution in [0.4, 0.5) is 5.95 Å². The zero-order chi connectivity index (χ0) is 11.8. The molecule has 0 saturated carbocycles. The van der Waals surface area contributed by atoms with Gasteiger partial charge < -0.3 is 10.2 Å². The van der Waals surface area contributed by atoms with Crippen molar-refractivity contribution in [1.82, 2.24) is 14.9 Å². The molecule has 0 unspecified atom stereocenters. The Morgan fingerprint density at radius 1 is 1.41 bits per heavy atom. The summed E-state index contributed by atoms with van der Waals surface area (Å²) in [5.74, 6) is 0.780. The number of hydrogen-bond donors (Lipinski definition) is 1. The molecule has 0 amide bonds. The summed E-state index contributed by atoms with van der Waals surface area (Å²) in [4.78, 5) is 18.9. The van der Waals surface area contributed by atoms with Crippen LogP contribution in [0.2, 0.25) is 0 Å². The predicted octanol–water partition coefficient (Wildman–Crippen LogP) is 0.405. The molecule has 1 aliphatic rings. The Morgan fingerprint density at radius 2 is 2.18 bits per heavy atom. The highest BCUT2D eigenvalue weighted by Gasteiger charge is 2.17. The summed E-state index contributed by atoms with van der Waals surface area (Å²) in [6.07, 6.45) is 0. The molecule has 0 aromatic carbocycles. The summed E-state index contributed by atoms with van der Waals surface area (Å²) < 4.78 is 2.40. The van der Waals surface area contributed by atoms with Gasteiger partial charge in [0.1, 0.15) is 4.70 Å². The van der Waals surface area contributed by atoms with Gasteiger partial charge in [0, 0.05) is 33.2 Å². The van der Waals surface area contributed by atoms with Crippen molar-refractivity contribution < 1.29 is 0 Å². The standard InChI is InChI=1S/C11H14N4OS/c1-14-10(16)9-8(2-7-17-9)13-11(14)15-5-3-12-4-6-15/h2,7,12H,3-6H2,1H3. The molecule has 1 aliphatic heterocycles. The molecule has 5 nitrogen and oxygen atoms in total. The first-order valence-corrected chi connectivity index (χ1v) is 6.55. The summed E-state index contributed by atoms with van der Waals surface area (Å²) in [6.45, 7) is 3.68. The zero-order valence-corrected chi connectivity index (χ0v) is 10.5. The smallest absolute Gasteiger partial charge is 0.272 e. The Hall–Kier alpha value is -1.40. The molecule has 0 aliphatic carbocycles. The first kappa shape index (κ1) is 10.7. The number of hydrogen-bond acceptors (Lipinski definition) is 5. The second-order valence-electron chi connectivity index (χ2n) is 4.15. The van der Waals surface area contributed by atoms with Crippen molar-refractivity contribution in [2.75, 3.05) is 31.1 Å². The number of aromatic nitrogens is 2. The molecule has 0 atom stereocenters. The number of thiophene rings is 1. The van der Waals surface area contributed by atoms with Crippen LogP contribution in [0, 0.1) is 0 Å². The van der Waals surface area contributed by atoms with Crippen LogP contribution in [-0.2, 0) is 7.05 Å². The van der Waals surface area contributed by atoms with Crippen molar-refractivity contribution in [2.45, 2.75) is 0 Å². The second kappa shape index (κ2) is 4.12. The quantitative estimate of drug-likeness (QED) is 0.796. The lowest BCUT2D eigenvalue weighted by Crippen LogP contribution is -2.45. The minimum Gasteiger partial charge on any atom is -0.340 e. The maximum atomic E-state index is 12.1. The third kappa shape index (κ3) is 1.73. The van der Waals surface area contributed by atoms with E-state index in [2.05, 4.69) is 15.2 Å². The molecule has 2 aromatic rings. The van der Waals surface area contributed by atoms with E-state index in [0.717, 1.165) is 42.3 Å². The highest BCUT2D eigenvalue weighted by Crippen LogP contribution is 2.18. The number of fused-ring (bicyclic) bond motifs is 1. The van der Waals surface area contributed by atoms with Crippen LogP contribution in [0.3, 0.4) is 0 Å². The van der Waals surface area contributed by atoms with E-state index in [1.165, 1.54) is 11.3 Å². The molecule has 90 valence electrons. The van der Waals surface area contributed by atoms with E-state index in [0.29, 0.717) is 0 Å². The van der Waals surface area contributed by atoms with Crippen molar-refractivity contribution in [3.8, 4) is 0 Å². The van der Waals surface area contributed by atoms with Gasteiger partial charge in [0.2, 0.25) is 5.95 Å². The van der Waals surface area contributed by atoms with Gasteiger partial charge in [0.25, 0.3) is 5.56 Å². The average molecular weight is 250 g/mol. The van der Waals surface area contributed by atoms with E-state index in [9.17, 15) is 4.79 Å². The molecule has 0 radical (unpaired) electrons. The molecule has 17 heavy (non-hydrogen) atoms. The van der Waals surface area contributed by atoms with Gasteiger partial charge >= 0.3 is 0 Å². The van der Waals surface area contributed by atoms with Gasteiger partial charge in [-0.15, -0.1) is 11.3 Å². The lowest BCUT2D eigenvalue weighted by atomic mass is 10.4. The van der Waals surface area contributed by atoms with Gasteiger partial charge in [0.05, 0.1) is 5.52 Å². The summed E-state index contributed by atoms with van der Waals surface area (Å²) in [6, 6.07) is 1.91. The van der Waals surface area contributed by atoms with E-state index >= 15 is 0 Å². The summed E-state index contributed by atoms with van der Waals surface area (Å²) in [5.41, 5.74) is 0.866. The van der Waals surface area contributed by atoms with E-state index in [-0.39, 0.29) is 5.56 Å². The van der Waals surface area contributed by atoms with Gasteiger partial charge in [-0.2, -0.15) is 0 Å². The molecule has 2 aromatic heterocycles. The Bertz CT molecular complexity index is 597. The Morgan fingerprint density at radius 3 is 2.94 bits per heavy atom. The van der Waals surface area contributed by atoms with Crippen LogP contribution in [0.15, 0.2) is 16.2 Å². The number of rotatable bonds is 1. The highest BCUT2D eigenvalue weighted by molar-refractivity contribution is 7.17. The molecule has 3 rings (SSSR count). The first-order valence-electron chi connectivity index (χ1n) is 5.67. The van der Waals surface area contributed by atoms with Crippen LogP contribution in [0.1, 0.15) is 0 Å². The molecule has 0 spiro atoms. The monoisotopic (exact) mass is 250 g/mol. The fourth-order valence-electron chi connectivity index (χ4n) is 2.12. The molecular formula is C11H14N4OS. The molecule has 1 saturated heterocycles. The highest BCUT2D eigenvalue weighted by atomic mass is 32.1. The Kier molecular flexibility index (Phi) is 2.60. The topological polar surface area (TPSA) is 50.2 Å². The number of nitrogens with one attached hydrogen (secondary N) is 1. The minimum atomic E-state index is 0.0542. The summed E-state index contributed by atoms with van der Waals surface area (Å²) in [7, 11) is 1.80. The molecule has 3 heterocycles. The number of piperazine rings is 1. The fourth-order valence-corrected chi connectivity index (χ4v) is 2.93. The largest absolute Gasteiger partial charge is 0.340 e. The molecule has 1 N–H and O–H groups in total.